The summed E-state index contributed by atoms with van der Waals surface area (Å²) in [6, 6.07) is 14.2. The Morgan fingerprint density at radius 1 is 1.19 bits per heavy atom. The van der Waals surface area contributed by atoms with Crippen LogP contribution >= 0.6 is 12.2 Å². The summed E-state index contributed by atoms with van der Waals surface area (Å²) in [5.74, 6) is 1.02. The average Bonchev–Trinajstić information content (AvgIpc) is 3.04. The number of aromatic nitrogens is 2. The molecule has 2 N–H and O–H groups in total. The van der Waals surface area contributed by atoms with Crippen molar-refractivity contribution in [2.75, 3.05) is 17.7 Å². The third-order valence-corrected chi connectivity index (χ3v) is 3.98. The lowest BCUT2D eigenvalue weighted by molar-refractivity contribution is 0.417. The maximum atomic E-state index is 13.7. The van der Waals surface area contributed by atoms with Gasteiger partial charge in [-0.25, -0.2) is 4.39 Å². The number of aryl methyl sites for hydroxylation is 1. The molecule has 134 valence electrons. The fourth-order valence-corrected chi connectivity index (χ4v) is 2.72. The summed E-state index contributed by atoms with van der Waals surface area (Å²) in [6.07, 6.45) is 1.77. The minimum atomic E-state index is -0.249. The molecule has 0 saturated carbocycles. The molecule has 0 spiro atoms. The van der Waals surface area contributed by atoms with Gasteiger partial charge in [0.05, 0.1) is 19.3 Å². The topological polar surface area (TPSA) is 51.1 Å². The maximum Gasteiger partial charge on any atom is 0.176 e. The van der Waals surface area contributed by atoms with Gasteiger partial charge in [-0.3, -0.25) is 4.68 Å². The third kappa shape index (κ3) is 4.37. The molecule has 0 saturated heterocycles. The molecule has 1 heterocycles. The van der Waals surface area contributed by atoms with E-state index in [9.17, 15) is 4.39 Å². The zero-order valence-electron chi connectivity index (χ0n) is 14.5. The molecule has 1 aromatic heterocycles. The van der Waals surface area contributed by atoms with Crippen molar-refractivity contribution >= 4 is 28.8 Å². The largest absolute Gasteiger partial charge is 0.495 e. The number of halogens is 1. The Bertz CT molecular complexity index is 925. The summed E-state index contributed by atoms with van der Waals surface area (Å²) < 4.78 is 20.7. The van der Waals surface area contributed by atoms with E-state index < -0.39 is 0 Å². The van der Waals surface area contributed by atoms with E-state index in [0.717, 1.165) is 11.3 Å². The molecule has 3 aromatic rings. The van der Waals surface area contributed by atoms with Crippen LogP contribution < -0.4 is 15.4 Å². The fourth-order valence-electron chi connectivity index (χ4n) is 2.51. The molecule has 0 unspecified atom stereocenters. The van der Waals surface area contributed by atoms with Gasteiger partial charge in [0.1, 0.15) is 11.6 Å². The van der Waals surface area contributed by atoms with Crippen LogP contribution in [0.15, 0.2) is 54.7 Å². The highest BCUT2D eigenvalue weighted by atomic mass is 32.1. The van der Waals surface area contributed by atoms with Crippen molar-refractivity contribution in [3.05, 3.63) is 71.7 Å². The number of benzene rings is 2. The summed E-state index contributed by atoms with van der Waals surface area (Å²) in [6.45, 7) is 2.34. The van der Waals surface area contributed by atoms with Crippen LogP contribution in [0.5, 0.6) is 5.75 Å². The zero-order chi connectivity index (χ0) is 18.5. The number of nitrogens with zero attached hydrogens (tertiary/aromatic N) is 2. The number of ether oxygens (including phenoxy) is 1. The molecule has 0 bridgehead atoms. The van der Waals surface area contributed by atoms with Gasteiger partial charge < -0.3 is 15.4 Å². The lowest BCUT2D eigenvalue weighted by atomic mass is 10.2. The van der Waals surface area contributed by atoms with Crippen molar-refractivity contribution in [1.82, 2.24) is 9.78 Å². The van der Waals surface area contributed by atoms with Crippen LogP contribution in [-0.4, -0.2) is 22.0 Å². The Labute approximate surface area is 156 Å². The van der Waals surface area contributed by atoms with Gasteiger partial charge in [0, 0.05) is 17.8 Å². The summed E-state index contributed by atoms with van der Waals surface area (Å²) in [4.78, 5) is 0. The van der Waals surface area contributed by atoms with Gasteiger partial charge >= 0.3 is 0 Å². The highest BCUT2D eigenvalue weighted by molar-refractivity contribution is 7.80. The van der Waals surface area contributed by atoms with Crippen LogP contribution in [0.3, 0.4) is 0 Å². The van der Waals surface area contributed by atoms with E-state index in [4.69, 9.17) is 17.0 Å². The van der Waals surface area contributed by atoms with Crippen LogP contribution in [0.25, 0.3) is 0 Å². The number of hydrogen-bond donors (Lipinski definition) is 2. The summed E-state index contributed by atoms with van der Waals surface area (Å²) in [5.41, 5.74) is 2.44. The number of hydrogen-bond acceptors (Lipinski definition) is 3. The van der Waals surface area contributed by atoms with Crippen LogP contribution in [0, 0.1) is 12.7 Å². The molecule has 0 atom stereocenters. The minimum Gasteiger partial charge on any atom is -0.495 e. The van der Waals surface area contributed by atoms with Crippen LogP contribution in [0.1, 0.15) is 11.1 Å². The van der Waals surface area contributed by atoms with E-state index in [1.54, 1.807) is 42.3 Å². The molecule has 2 aromatic carbocycles. The average molecular weight is 370 g/mol. The van der Waals surface area contributed by atoms with Crippen molar-refractivity contribution in [3.63, 3.8) is 0 Å². The van der Waals surface area contributed by atoms with E-state index in [1.807, 2.05) is 25.1 Å². The number of methoxy groups -OCH3 is 1. The molecular formula is C19H19FN4OS. The van der Waals surface area contributed by atoms with Crippen molar-refractivity contribution in [3.8, 4) is 5.75 Å². The molecule has 0 aliphatic carbocycles. The number of nitrogens with one attached hydrogen (secondary N) is 2. The predicted octanol–water partition coefficient (Wildman–Crippen LogP) is 4.20. The molecular weight excluding hydrogens is 351 g/mol. The first-order valence-corrected chi connectivity index (χ1v) is 8.45. The molecule has 26 heavy (non-hydrogen) atoms. The van der Waals surface area contributed by atoms with Gasteiger partial charge in [-0.05, 0) is 42.9 Å². The Morgan fingerprint density at radius 2 is 2.00 bits per heavy atom. The summed E-state index contributed by atoms with van der Waals surface area (Å²) in [7, 11) is 1.61. The molecule has 0 aliphatic heterocycles. The van der Waals surface area contributed by atoms with E-state index in [2.05, 4.69) is 15.7 Å². The lowest BCUT2D eigenvalue weighted by Crippen LogP contribution is -2.20. The molecule has 0 radical (unpaired) electrons. The Morgan fingerprint density at radius 3 is 2.77 bits per heavy atom. The molecule has 3 rings (SSSR count). The molecule has 0 amide bonds. The van der Waals surface area contributed by atoms with Crippen LogP contribution in [-0.2, 0) is 6.54 Å². The Balaban J connectivity index is 1.65. The second kappa shape index (κ2) is 7.97. The van der Waals surface area contributed by atoms with Crippen molar-refractivity contribution in [2.45, 2.75) is 13.5 Å². The SMILES string of the molecule is COc1ccc(C)cc1NC(=S)Nc1ccn(Cc2ccccc2F)n1. The van der Waals surface area contributed by atoms with E-state index in [0.29, 0.717) is 28.8 Å². The zero-order valence-corrected chi connectivity index (χ0v) is 15.3. The van der Waals surface area contributed by atoms with Gasteiger partial charge in [0.25, 0.3) is 0 Å². The van der Waals surface area contributed by atoms with Gasteiger partial charge in [0.2, 0.25) is 0 Å². The van der Waals surface area contributed by atoms with Gasteiger partial charge in [0.15, 0.2) is 10.9 Å². The second-order valence-electron chi connectivity index (χ2n) is 5.77. The number of anilines is 2. The quantitative estimate of drug-likeness (QED) is 0.660. The molecule has 5 nitrogen and oxygen atoms in total. The highest BCUT2D eigenvalue weighted by Gasteiger charge is 2.08. The van der Waals surface area contributed by atoms with E-state index in [1.165, 1.54) is 6.07 Å². The third-order valence-electron chi connectivity index (χ3n) is 3.78. The Kier molecular flexibility index (Phi) is 5.48. The fraction of sp³-hybridized carbons (Fsp3) is 0.158. The Hall–Kier alpha value is -2.93. The lowest BCUT2D eigenvalue weighted by Gasteiger charge is -2.13. The first kappa shape index (κ1) is 17.9. The van der Waals surface area contributed by atoms with Crippen molar-refractivity contribution in [2.24, 2.45) is 0 Å². The molecule has 0 fully saturated rings. The van der Waals surface area contributed by atoms with Crippen molar-refractivity contribution in [1.29, 1.82) is 0 Å². The maximum absolute atomic E-state index is 13.7. The standard InChI is InChI=1S/C19H19FN4OS/c1-13-7-8-17(25-2)16(11-13)21-19(26)22-18-9-10-24(23-18)12-14-5-3-4-6-15(14)20/h3-11H,12H2,1-2H3,(H2,21,22,23,26). The van der Waals surface area contributed by atoms with Crippen molar-refractivity contribution < 1.29 is 9.13 Å². The van der Waals surface area contributed by atoms with E-state index in [-0.39, 0.29) is 5.82 Å². The summed E-state index contributed by atoms with van der Waals surface area (Å²) >= 11 is 5.34. The van der Waals surface area contributed by atoms with E-state index >= 15 is 0 Å². The van der Waals surface area contributed by atoms with Gasteiger partial charge in [-0.1, -0.05) is 24.3 Å². The molecule has 7 heteroatoms. The van der Waals surface area contributed by atoms with Gasteiger partial charge in [-0.15, -0.1) is 0 Å². The first-order valence-electron chi connectivity index (χ1n) is 8.04. The summed E-state index contributed by atoms with van der Waals surface area (Å²) in [5, 5.41) is 10.9. The predicted molar refractivity (Wildman–Crippen MR) is 105 cm³/mol. The van der Waals surface area contributed by atoms with Gasteiger partial charge in [-0.2, -0.15) is 5.10 Å². The monoisotopic (exact) mass is 370 g/mol. The minimum absolute atomic E-state index is 0.249. The number of rotatable bonds is 5. The second-order valence-corrected chi connectivity index (χ2v) is 6.18. The van der Waals surface area contributed by atoms with Crippen LogP contribution in [0.4, 0.5) is 15.9 Å². The number of thiocarbonyl (C=S) groups is 1. The highest BCUT2D eigenvalue weighted by Crippen LogP contribution is 2.25. The molecule has 0 aliphatic rings. The first-order chi connectivity index (χ1) is 12.5. The van der Waals surface area contributed by atoms with Crippen LogP contribution in [0.2, 0.25) is 0 Å². The normalized spacial score (nSPS) is 10.4. The smallest absolute Gasteiger partial charge is 0.176 e.